The van der Waals surface area contributed by atoms with E-state index in [2.05, 4.69) is 25.6 Å². The van der Waals surface area contributed by atoms with E-state index >= 15 is 0 Å². The van der Waals surface area contributed by atoms with Crippen molar-refractivity contribution in [1.82, 2.24) is 20.3 Å². The lowest BCUT2D eigenvalue weighted by atomic mass is 10.1. The van der Waals surface area contributed by atoms with E-state index in [9.17, 15) is 4.39 Å². The van der Waals surface area contributed by atoms with Gasteiger partial charge in [0.15, 0.2) is 5.82 Å². The van der Waals surface area contributed by atoms with Crippen LogP contribution in [0, 0.1) is 5.82 Å². The Morgan fingerprint density at radius 2 is 2.00 bits per heavy atom. The van der Waals surface area contributed by atoms with Crippen molar-refractivity contribution < 1.29 is 4.39 Å². The second-order valence-corrected chi connectivity index (χ2v) is 5.51. The lowest BCUT2D eigenvalue weighted by Crippen LogP contribution is -2.24. The number of benzene rings is 1. The molecule has 6 nitrogen and oxygen atoms in total. The summed E-state index contributed by atoms with van der Waals surface area (Å²) in [4.78, 5) is 12.8. The third-order valence-electron chi connectivity index (χ3n) is 3.72. The molecular formula is C18H19FN6. The molecule has 4 N–H and O–H groups in total. The number of likely N-dealkylation sites (N-methyl/N-ethyl adjacent to an activating group) is 1. The van der Waals surface area contributed by atoms with Crippen LogP contribution in [-0.4, -0.2) is 28.5 Å². The maximum Gasteiger partial charge on any atom is 0.165 e. The third kappa shape index (κ3) is 4.07. The highest BCUT2D eigenvalue weighted by molar-refractivity contribution is 5.68. The van der Waals surface area contributed by atoms with Crippen LogP contribution in [0.5, 0.6) is 0 Å². The number of hydrogen-bond acceptors (Lipinski definition) is 6. The molecule has 0 radical (unpaired) electrons. The zero-order valence-corrected chi connectivity index (χ0v) is 13.8. The molecule has 0 bridgehead atoms. The van der Waals surface area contributed by atoms with Gasteiger partial charge in [0.1, 0.15) is 17.5 Å². The maximum absolute atomic E-state index is 13.5. The SMILES string of the molecule is CNCC(Nc1ccnc(-c2cccnc2N)n1)c1cccc(F)c1. The predicted molar refractivity (Wildman–Crippen MR) is 96.4 cm³/mol. The summed E-state index contributed by atoms with van der Waals surface area (Å²) in [6.45, 7) is 0.609. The number of pyridine rings is 1. The third-order valence-corrected chi connectivity index (χ3v) is 3.72. The van der Waals surface area contributed by atoms with E-state index in [1.54, 1.807) is 30.6 Å². The Bertz CT molecular complexity index is 854. The summed E-state index contributed by atoms with van der Waals surface area (Å²) in [6.07, 6.45) is 3.27. The van der Waals surface area contributed by atoms with Crippen molar-refractivity contribution in [3.63, 3.8) is 0 Å². The molecule has 0 spiro atoms. The highest BCUT2D eigenvalue weighted by Crippen LogP contribution is 2.23. The summed E-state index contributed by atoms with van der Waals surface area (Å²) in [7, 11) is 1.84. The standard InChI is InChI=1S/C18H19FN6/c1-21-11-15(12-4-2-5-13(19)10-12)24-16-7-9-23-18(25-16)14-6-3-8-22-17(14)20/h2-10,15,21H,11H2,1H3,(H2,20,22)(H,23,24,25). The van der Waals surface area contributed by atoms with Gasteiger partial charge in [-0.15, -0.1) is 0 Å². The minimum absolute atomic E-state index is 0.144. The molecule has 0 fully saturated rings. The Morgan fingerprint density at radius 1 is 1.12 bits per heavy atom. The summed E-state index contributed by atoms with van der Waals surface area (Å²) in [6, 6.07) is 11.7. The molecule has 0 aliphatic rings. The van der Waals surface area contributed by atoms with Crippen LogP contribution in [-0.2, 0) is 0 Å². The molecule has 0 aliphatic heterocycles. The number of nitrogens with one attached hydrogen (secondary N) is 2. The van der Waals surface area contributed by atoms with E-state index < -0.39 is 0 Å². The number of nitrogens with two attached hydrogens (primary N) is 1. The van der Waals surface area contributed by atoms with Crippen molar-refractivity contribution in [1.29, 1.82) is 0 Å². The molecule has 7 heteroatoms. The maximum atomic E-state index is 13.5. The minimum atomic E-state index is -0.271. The number of hydrogen-bond donors (Lipinski definition) is 3. The first-order valence-corrected chi connectivity index (χ1v) is 7.88. The van der Waals surface area contributed by atoms with Gasteiger partial charge in [-0.1, -0.05) is 12.1 Å². The smallest absolute Gasteiger partial charge is 0.165 e. The Morgan fingerprint density at radius 3 is 2.76 bits per heavy atom. The molecule has 128 valence electrons. The van der Waals surface area contributed by atoms with Crippen LogP contribution in [0.3, 0.4) is 0 Å². The number of rotatable bonds is 6. The van der Waals surface area contributed by atoms with Gasteiger partial charge in [-0.05, 0) is 42.9 Å². The quantitative estimate of drug-likeness (QED) is 0.640. The summed E-state index contributed by atoms with van der Waals surface area (Å²) < 4.78 is 13.5. The molecule has 2 aromatic heterocycles. The summed E-state index contributed by atoms with van der Waals surface area (Å²) in [5, 5.41) is 6.41. The summed E-state index contributed by atoms with van der Waals surface area (Å²) >= 11 is 0. The van der Waals surface area contributed by atoms with Crippen LogP contribution < -0.4 is 16.4 Å². The van der Waals surface area contributed by atoms with E-state index in [-0.39, 0.29) is 11.9 Å². The van der Waals surface area contributed by atoms with Crippen molar-refractivity contribution in [2.24, 2.45) is 0 Å². The molecule has 1 atom stereocenters. The van der Waals surface area contributed by atoms with Crippen LogP contribution >= 0.6 is 0 Å². The fraction of sp³-hybridized carbons (Fsp3) is 0.167. The largest absolute Gasteiger partial charge is 0.383 e. The fourth-order valence-corrected chi connectivity index (χ4v) is 2.53. The summed E-state index contributed by atoms with van der Waals surface area (Å²) in [5.41, 5.74) is 7.39. The van der Waals surface area contributed by atoms with Gasteiger partial charge in [0, 0.05) is 18.9 Å². The topological polar surface area (TPSA) is 88.8 Å². The monoisotopic (exact) mass is 338 g/mol. The molecule has 25 heavy (non-hydrogen) atoms. The highest BCUT2D eigenvalue weighted by Gasteiger charge is 2.13. The number of nitrogens with zero attached hydrogens (tertiary/aromatic N) is 3. The molecule has 1 aromatic carbocycles. The molecule has 0 saturated heterocycles. The van der Waals surface area contributed by atoms with Gasteiger partial charge in [-0.25, -0.2) is 19.3 Å². The van der Waals surface area contributed by atoms with E-state index in [4.69, 9.17) is 5.73 Å². The highest BCUT2D eigenvalue weighted by atomic mass is 19.1. The van der Waals surface area contributed by atoms with Crippen molar-refractivity contribution in [2.75, 3.05) is 24.6 Å². The first-order chi connectivity index (χ1) is 12.2. The Labute approximate surface area is 145 Å². The number of halogens is 1. The molecule has 3 aromatic rings. The molecule has 3 rings (SSSR count). The molecule has 0 saturated carbocycles. The van der Waals surface area contributed by atoms with Gasteiger partial charge >= 0.3 is 0 Å². The van der Waals surface area contributed by atoms with Gasteiger partial charge in [0.2, 0.25) is 0 Å². The zero-order chi connectivity index (χ0) is 17.6. The summed E-state index contributed by atoms with van der Waals surface area (Å²) in [5.74, 6) is 1.21. The van der Waals surface area contributed by atoms with Crippen molar-refractivity contribution in [3.05, 3.63) is 66.2 Å². The number of nitrogen functional groups attached to an aromatic ring is 1. The number of aromatic nitrogens is 3. The van der Waals surface area contributed by atoms with Gasteiger partial charge in [0.25, 0.3) is 0 Å². The fourth-order valence-electron chi connectivity index (χ4n) is 2.53. The van der Waals surface area contributed by atoms with E-state index in [1.165, 1.54) is 12.1 Å². The predicted octanol–water partition coefficient (Wildman–Crippen LogP) is 2.63. The van der Waals surface area contributed by atoms with Crippen LogP contribution in [0.15, 0.2) is 54.9 Å². The van der Waals surface area contributed by atoms with Crippen LogP contribution in [0.2, 0.25) is 0 Å². The van der Waals surface area contributed by atoms with Crippen molar-refractivity contribution in [3.8, 4) is 11.4 Å². The van der Waals surface area contributed by atoms with E-state index in [0.29, 0.717) is 29.6 Å². The molecule has 0 aliphatic carbocycles. The second-order valence-electron chi connectivity index (χ2n) is 5.51. The Kier molecular flexibility index (Phi) is 5.15. The molecule has 2 heterocycles. The minimum Gasteiger partial charge on any atom is -0.383 e. The lowest BCUT2D eigenvalue weighted by Gasteiger charge is -2.20. The van der Waals surface area contributed by atoms with E-state index in [0.717, 1.165) is 5.56 Å². The van der Waals surface area contributed by atoms with Crippen LogP contribution in [0.1, 0.15) is 11.6 Å². The van der Waals surface area contributed by atoms with Crippen LogP contribution in [0.25, 0.3) is 11.4 Å². The normalized spacial score (nSPS) is 11.9. The van der Waals surface area contributed by atoms with Gasteiger partial charge in [-0.2, -0.15) is 0 Å². The number of anilines is 2. The van der Waals surface area contributed by atoms with Crippen LogP contribution in [0.4, 0.5) is 16.0 Å². The average molecular weight is 338 g/mol. The second kappa shape index (κ2) is 7.67. The van der Waals surface area contributed by atoms with Gasteiger partial charge in [0.05, 0.1) is 11.6 Å². The molecule has 0 amide bonds. The van der Waals surface area contributed by atoms with Crippen molar-refractivity contribution in [2.45, 2.75) is 6.04 Å². The average Bonchev–Trinajstić information content (AvgIpc) is 2.62. The van der Waals surface area contributed by atoms with Gasteiger partial charge in [-0.3, -0.25) is 0 Å². The van der Waals surface area contributed by atoms with Gasteiger partial charge < -0.3 is 16.4 Å². The Hall–Kier alpha value is -3.06. The first kappa shape index (κ1) is 16.8. The lowest BCUT2D eigenvalue weighted by molar-refractivity contribution is 0.618. The Balaban J connectivity index is 1.88. The molecule has 1 unspecified atom stereocenters. The molecular weight excluding hydrogens is 319 g/mol. The first-order valence-electron chi connectivity index (χ1n) is 7.88. The zero-order valence-electron chi connectivity index (χ0n) is 13.8. The van der Waals surface area contributed by atoms with Crippen molar-refractivity contribution >= 4 is 11.6 Å². The van der Waals surface area contributed by atoms with E-state index in [1.807, 2.05) is 19.2 Å².